The molecule has 0 heterocycles. The highest BCUT2D eigenvalue weighted by molar-refractivity contribution is 5.23. The van der Waals surface area contributed by atoms with E-state index in [1.165, 1.54) is 30.4 Å². The van der Waals surface area contributed by atoms with E-state index in [1.807, 2.05) is 0 Å². The molecule has 0 aromatic heterocycles. The van der Waals surface area contributed by atoms with Crippen LogP contribution in [-0.4, -0.2) is 6.04 Å². The average Bonchev–Trinajstić information content (AvgIpc) is 2.25. The third-order valence-electron chi connectivity index (χ3n) is 4.62. The number of benzene rings is 1. The summed E-state index contributed by atoms with van der Waals surface area (Å²) in [6.07, 6.45) is 3.90. The van der Waals surface area contributed by atoms with E-state index in [2.05, 4.69) is 71.1 Å². The number of nitrogens with one attached hydrogen (secondary N) is 1. The van der Waals surface area contributed by atoms with E-state index in [-0.39, 0.29) is 0 Å². The van der Waals surface area contributed by atoms with Crippen molar-refractivity contribution in [3.8, 4) is 0 Å². The monoisotopic (exact) mass is 273 g/mol. The van der Waals surface area contributed by atoms with Gasteiger partial charge in [0.25, 0.3) is 0 Å². The van der Waals surface area contributed by atoms with Gasteiger partial charge in [-0.2, -0.15) is 0 Å². The van der Waals surface area contributed by atoms with E-state index in [9.17, 15) is 0 Å². The Morgan fingerprint density at radius 2 is 1.50 bits per heavy atom. The van der Waals surface area contributed by atoms with Gasteiger partial charge in [0.15, 0.2) is 0 Å². The topological polar surface area (TPSA) is 12.0 Å². The molecule has 2 rings (SSSR count). The maximum absolute atomic E-state index is 3.87. The van der Waals surface area contributed by atoms with Crippen LogP contribution < -0.4 is 5.32 Å². The second-order valence-electron chi connectivity index (χ2n) is 8.41. The van der Waals surface area contributed by atoms with E-state index in [4.69, 9.17) is 0 Å². The van der Waals surface area contributed by atoms with Crippen molar-refractivity contribution < 1.29 is 0 Å². The zero-order valence-corrected chi connectivity index (χ0v) is 14.1. The Hall–Kier alpha value is -0.820. The van der Waals surface area contributed by atoms with Crippen LogP contribution in [0.25, 0.3) is 0 Å². The minimum Gasteiger partial charge on any atom is -0.307 e. The van der Waals surface area contributed by atoms with Crippen LogP contribution in [-0.2, 0) is 0 Å². The summed E-state index contributed by atoms with van der Waals surface area (Å²) in [5, 5.41) is 3.87. The zero-order chi connectivity index (χ0) is 15.0. The lowest BCUT2D eigenvalue weighted by atomic mass is 9.63. The SMILES string of the molecule is Cc1ccc(C(C)NC2CC(C)(C)CC(C)(C)C2)cc1. The molecule has 1 aliphatic carbocycles. The van der Waals surface area contributed by atoms with Crippen LogP contribution in [0.15, 0.2) is 24.3 Å². The quantitative estimate of drug-likeness (QED) is 0.793. The van der Waals surface area contributed by atoms with Gasteiger partial charge in [-0.1, -0.05) is 57.5 Å². The van der Waals surface area contributed by atoms with Crippen molar-refractivity contribution in [3.05, 3.63) is 35.4 Å². The molecule has 0 bridgehead atoms. The van der Waals surface area contributed by atoms with Crippen LogP contribution in [0.5, 0.6) is 0 Å². The molecule has 0 saturated heterocycles. The van der Waals surface area contributed by atoms with Crippen LogP contribution in [0, 0.1) is 17.8 Å². The fourth-order valence-electron chi connectivity index (χ4n) is 4.27. The van der Waals surface area contributed by atoms with Gasteiger partial charge in [0.1, 0.15) is 0 Å². The molecule has 1 saturated carbocycles. The number of hydrogen-bond acceptors (Lipinski definition) is 1. The van der Waals surface area contributed by atoms with Gasteiger partial charge >= 0.3 is 0 Å². The van der Waals surface area contributed by atoms with Crippen LogP contribution in [0.2, 0.25) is 0 Å². The molecule has 1 heteroatoms. The van der Waals surface area contributed by atoms with E-state index < -0.39 is 0 Å². The third kappa shape index (κ3) is 4.09. The third-order valence-corrected chi connectivity index (χ3v) is 4.62. The van der Waals surface area contributed by atoms with Gasteiger partial charge < -0.3 is 5.32 Å². The minimum absolute atomic E-state index is 0.435. The van der Waals surface area contributed by atoms with E-state index in [0.29, 0.717) is 22.9 Å². The summed E-state index contributed by atoms with van der Waals surface area (Å²) in [6, 6.07) is 10.00. The van der Waals surface area contributed by atoms with Crippen LogP contribution >= 0.6 is 0 Å². The predicted molar refractivity (Wildman–Crippen MR) is 87.9 cm³/mol. The summed E-state index contributed by atoms with van der Waals surface area (Å²) >= 11 is 0. The van der Waals surface area contributed by atoms with Crippen molar-refractivity contribution in [1.29, 1.82) is 0 Å². The summed E-state index contributed by atoms with van der Waals surface area (Å²) in [5.41, 5.74) is 3.64. The van der Waals surface area contributed by atoms with Gasteiger partial charge in [0, 0.05) is 12.1 Å². The molecule has 1 aliphatic rings. The second-order valence-corrected chi connectivity index (χ2v) is 8.41. The fourth-order valence-corrected chi connectivity index (χ4v) is 4.27. The molecule has 0 amide bonds. The highest BCUT2D eigenvalue weighted by Gasteiger charge is 2.38. The maximum atomic E-state index is 3.87. The first kappa shape index (κ1) is 15.6. The molecule has 1 aromatic rings. The van der Waals surface area contributed by atoms with Gasteiger partial charge in [-0.05, 0) is 49.5 Å². The van der Waals surface area contributed by atoms with Gasteiger partial charge in [-0.25, -0.2) is 0 Å². The number of aryl methyl sites for hydroxylation is 1. The van der Waals surface area contributed by atoms with Crippen molar-refractivity contribution in [2.75, 3.05) is 0 Å². The van der Waals surface area contributed by atoms with Crippen molar-refractivity contribution in [2.45, 2.75) is 72.9 Å². The maximum Gasteiger partial charge on any atom is 0.0294 e. The molecule has 0 radical (unpaired) electrons. The van der Waals surface area contributed by atoms with Gasteiger partial charge in [-0.15, -0.1) is 0 Å². The summed E-state index contributed by atoms with van der Waals surface area (Å²) < 4.78 is 0. The lowest BCUT2D eigenvalue weighted by molar-refractivity contribution is 0.0811. The van der Waals surface area contributed by atoms with Crippen molar-refractivity contribution >= 4 is 0 Å². The van der Waals surface area contributed by atoms with Crippen molar-refractivity contribution in [1.82, 2.24) is 5.32 Å². The second kappa shape index (κ2) is 5.52. The molecule has 1 fully saturated rings. The van der Waals surface area contributed by atoms with Crippen LogP contribution in [0.3, 0.4) is 0 Å². The van der Waals surface area contributed by atoms with Crippen molar-refractivity contribution in [2.24, 2.45) is 10.8 Å². The molecule has 1 atom stereocenters. The molecule has 112 valence electrons. The normalized spacial score (nSPS) is 23.5. The first-order valence-corrected chi connectivity index (χ1v) is 8.00. The van der Waals surface area contributed by atoms with E-state index in [1.54, 1.807) is 0 Å². The first-order valence-electron chi connectivity index (χ1n) is 8.00. The van der Waals surface area contributed by atoms with Gasteiger partial charge in [0.05, 0.1) is 0 Å². The number of hydrogen-bond donors (Lipinski definition) is 1. The Kier molecular flexibility index (Phi) is 4.30. The van der Waals surface area contributed by atoms with E-state index in [0.717, 1.165) is 0 Å². The Labute approximate surface area is 125 Å². The standard InChI is InChI=1S/C19H31N/c1-14-7-9-16(10-8-14)15(2)20-17-11-18(3,4)13-19(5,6)12-17/h7-10,15,17,20H,11-13H2,1-6H3. The van der Waals surface area contributed by atoms with E-state index >= 15 is 0 Å². The summed E-state index contributed by atoms with van der Waals surface area (Å²) in [4.78, 5) is 0. The molecule has 1 unspecified atom stereocenters. The largest absolute Gasteiger partial charge is 0.307 e. The number of rotatable bonds is 3. The molecule has 20 heavy (non-hydrogen) atoms. The van der Waals surface area contributed by atoms with Crippen molar-refractivity contribution in [3.63, 3.8) is 0 Å². The lowest BCUT2D eigenvalue weighted by Crippen LogP contribution is -2.44. The van der Waals surface area contributed by atoms with Gasteiger partial charge in [0.2, 0.25) is 0 Å². The summed E-state index contributed by atoms with van der Waals surface area (Å²) in [5.74, 6) is 0. The Morgan fingerprint density at radius 3 is 2.00 bits per heavy atom. The van der Waals surface area contributed by atoms with Crippen LogP contribution in [0.1, 0.15) is 71.0 Å². The Balaban J connectivity index is 2.03. The van der Waals surface area contributed by atoms with Crippen LogP contribution in [0.4, 0.5) is 0 Å². The average molecular weight is 273 g/mol. The summed E-state index contributed by atoms with van der Waals surface area (Å²) in [7, 11) is 0. The minimum atomic E-state index is 0.435. The molecule has 1 aromatic carbocycles. The summed E-state index contributed by atoms with van der Waals surface area (Å²) in [6.45, 7) is 14.1. The molecular formula is C19H31N. The lowest BCUT2D eigenvalue weighted by Gasteiger charge is -2.46. The fraction of sp³-hybridized carbons (Fsp3) is 0.684. The highest BCUT2D eigenvalue weighted by atomic mass is 15.0. The molecular weight excluding hydrogens is 242 g/mol. The highest BCUT2D eigenvalue weighted by Crippen LogP contribution is 2.46. The first-order chi connectivity index (χ1) is 9.17. The zero-order valence-electron chi connectivity index (χ0n) is 14.1. The Morgan fingerprint density at radius 1 is 1.00 bits per heavy atom. The molecule has 1 N–H and O–H groups in total. The van der Waals surface area contributed by atoms with Gasteiger partial charge in [-0.3, -0.25) is 0 Å². The Bertz CT molecular complexity index is 425. The molecule has 0 aliphatic heterocycles. The predicted octanol–water partition coefficient (Wildman–Crippen LogP) is 5.25. The molecule has 0 spiro atoms. The molecule has 1 nitrogen and oxygen atoms in total. The smallest absolute Gasteiger partial charge is 0.0294 e.